The molecule has 2 aromatic rings. The molecule has 2 aromatic carbocycles. The number of carboxylic acid groups (broad SMARTS) is 1. The lowest BCUT2D eigenvalue weighted by molar-refractivity contribution is -0.142. The molecule has 7 heteroatoms. The van der Waals surface area contributed by atoms with Gasteiger partial charge in [0.25, 0.3) is 0 Å². The molecule has 3 rings (SSSR count). The highest BCUT2D eigenvalue weighted by Gasteiger charge is 2.29. The number of carbonyl (C=O) groups is 3. The number of carbonyl (C=O) groups excluding carboxylic acids is 2. The average Bonchev–Trinajstić information content (AvgIpc) is 3.14. The molecule has 0 heterocycles. The Morgan fingerprint density at radius 1 is 0.912 bits per heavy atom. The lowest BCUT2D eigenvalue weighted by Gasteiger charge is -2.21. The van der Waals surface area contributed by atoms with Gasteiger partial charge in [-0.1, -0.05) is 81.6 Å². The van der Waals surface area contributed by atoms with Crippen LogP contribution < -0.4 is 10.6 Å². The maximum Gasteiger partial charge on any atom is 0.407 e. The Kier molecular flexibility index (Phi) is 9.08. The molecule has 0 aliphatic heterocycles. The molecule has 0 spiro atoms. The Hall–Kier alpha value is -3.35. The van der Waals surface area contributed by atoms with Crippen molar-refractivity contribution in [3.63, 3.8) is 0 Å². The second kappa shape index (κ2) is 12.2. The number of nitrogens with one attached hydrogen (secondary N) is 2. The number of ether oxygens (including phenoxy) is 1. The van der Waals surface area contributed by atoms with Crippen LogP contribution in [0, 0.1) is 0 Å². The number of hydrogen-bond donors (Lipinski definition) is 3. The molecule has 0 saturated heterocycles. The van der Waals surface area contributed by atoms with Crippen LogP contribution in [0.25, 0.3) is 11.1 Å². The molecule has 7 nitrogen and oxygen atoms in total. The molecule has 3 N–H and O–H groups in total. The first-order chi connectivity index (χ1) is 16.4. The molecule has 0 bridgehead atoms. The molecule has 2 amide bonds. The lowest BCUT2D eigenvalue weighted by atomic mass is 9.98. The summed E-state index contributed by atoms with van der Waals surface area (Å²) in [6.07, 6.45) is 2.81. The summed E-state index contributed by atoms with van der Waals surface area (Å²) >= 11 is 0. The van der Waals surface area contributed by atoms with Gasteiger partial charge in [-0.3, -0.25) is 4.79 Å². The number of amides is 2. The van der Waals surface area contributed by atoms with Gasteiger partial charge in [0.2, 0.25) is 5.91 Å². The van der Waals surface area contributed by atoms with E-state index >= 15 is 0 Å². The number of carboxylic acids is 1. The highest BCUT2D eigenvalue weighted by atomic mass is 16.5. The topological polar surface area (TPSA) is 105 Å². The van der Waals surface area contributed by atoms with Gasteiger partial charge in [-0.15, -0.1) is 0 Å². The number of alkyl carbamates (subject to hydrolysis) is 1. The van der Waals surface area contributed by atoms with Crippen LogP contribution in [0.3, 0.4) is 0 Å². The molecule has 2 atom stereocenters. The normalized spacial score (nSPS) is 13.9. The maximum absolute atomic E-state index is 12.7. The quantitative estimate of drug-likeness (QED) is 0.415. The van der Waals surface area contributed by atoms with Crippen LogP contribution in [-0.4, -0.2) is 41.8 Å². The summed E-state index contributed by atoms with van der Waals surface area (Å²) < 4.78 is 5.61. The van der Waals surface area contributed by atoms with E-state index in [2.05, 4.69) is 34.9 Å². The van der Waals surface area contributed by atoms with E-state index in [1.807, 2.05) is 38.1 Å². The van der Waals surface area contributed by atoms with Crippen LogP contribution in [0.2, 0.25) is 0 Å². The third-order valence-corrected chi connectivity index (χ3v) is 6.21. The van der Waals surface area contributed by atoms with Gasteiger partial charge in [-0.25, -0.2) is 9.59 Å². The van der Waals surface area contributed by atoms with E-state index in [-0.39, 0.29) is 24.9 Å². The number of unbranched alkanes of at least 4 members (excludes halogenated alkanes) is 1. The van der Waals surface area contributed by atoms with Crippen LogP contribution in [0.1, 0.15) is 69.4 Å². The van der Waals surface area contributed by atoms with Gasteiger partial charge in [-0.2, -0.15) is 0 Å². The lowest BCUT2D eigenvalue weighted by Crippen LogP contribution is -2.44. The van der Waals surface area contributed by atoms with Crippen molar-refractivity contribution in [3.05, 3.63) is 59.7 Å². The van der Waals surface area contributed by atoms with E-state index in [0.29, 0.717) is 19.3 Å². The largest absolute Gasteiger partial charge is 0.480 e. The van der Waals surface area contributed by atoms with Crippen LogP contribution in [-0.2, 0) is 14.3 Å². The summed E-state index contributed by atoms with van der Waals surface area (Å²) in [6.45, 7) is 4.10. The van der Waals surface area contributed by atoms with Crippen molar-refractivity contribution < 1.29 is 24.2 Å². The van der Waals surface area contributed by atoms with Crippen molar-refractivity contribution in [1.82, 2.24) is 10.6 Å². The minimum absolute atomic E-state index is 0.0116. The van der Waals surface area contributed by atoms with Crippen LogP contribution >= 0.6 is 0 Å². The molecule has 0 fully saturated rings. The SMILES string of the molecule is CCCCC(CC(=O)N[C@H](CCC)C(=O)O)NC(=O)OCC1c2ccccc2-c2ccccc21. The molecule has 1 aliphatic rings. The van der Waals surface area contributed by atoms with E-state index in [9.17, 15) is 19.5 Å². The number of fused-ring (bicyclic) bond motifs is 3. The van der Waals surface area contributed by atoms with Gasteiger partial charge in [0.05, 0.1) is 0 Å². The number of hydrogen-bond acceptors (Lipinski definition) is 4. The fraction of sp³-hybridized carbons (Fsp3) is 0.444. The van der Waals surface area contributed by atoms with Gasteiger partial charge in [0.1, 0.15) is 12.6 Å². The molecule has 1 aliphatic carbocycles. The van der Waals surface area contributed by atoms with Crippen molar-refractivity contribution in [1.29, 1.82) is 0 Å². The van der Waals surface area contributed by atoms with Crippen molar-refractivity contribution in [2.75, 3.05) is 6.61 Å². The molecule has 182 valence electrons. The zero-order valence-electron chi connectivity index (χ0n) is 19.9. The monoisotopic (exact) mass is 466 g/mol. The second-order valence-corrected chi connectivity index (χ2v) is 8.76. The standard InChI is InChI=1S/C27H34N2O5/c1-3-5-11-18(16-25(30)29-24(10-4-2)26(31)32)28-27(33)34-17-23-21-14-8-6-12-19(21)20-13-7-9-15-22(20)23/h6-9,12-15,18,23-24H,3-5,10-11,16-17H2,1-2H3,(H,28,33)(H,29,30)(H,31,32)/t18?,24-/m1/s1. The predicted molar refractivity (Wildman–Crippen MR) is 131 cm³/mol. The third-order valence-electron chi connectivity index (χ3n) is 6.21. The van der Waals surface area contributed by atoms with Gasteiger partial charge >= 0.3 is 12.1 Å². The van der Waals surface area contributed by atoms with Gasteiger partial charge in [0.15, 0.2) is 0 Å². The van der Waals surface area contributed by atoms with Crippen molar-refractivity contribution in [2.24, 2.45) is 0 Å². The van der Waals surface area contributed by atoms with Crippen molar-refractivity contribution in [3.8, 4) is 11.1 Å². The molecule has 1 unspecified atom stereocenters. The van der Waals surface area contributed by atoms with Gasteiger partial charge in [0, 0.05) is 18.4 Å². The van der Waals surface area contributed by atoms with Crippen LogP contribution in [0.15, 0.2) is 48.5 Å². The Morgan fingerprint density at radius 3 is 2.09 bits per heavy atom. The first kappa shape index (κ1) is 25.3. The summed E-state index contributed by atoms with van der Waals surface area (Å²) in [6, 6.07) is 14.9. The first-order valence-electron chi connectivity index (χ1n) is 12.1. The van der Waals surface area contributed by atoms with E-state index < -0.39 is 24.1 Å². The van der Waals surface area contributed by atoms with Crippen molar-refractivity contribution >= 4 is 18.0 Å². The molecule has 34 heavy (non-hydrogen) atoms. The summed E-state index contributed by atoms with van der Waals surface area (Å²) in [5, 5.41) is 14.7. The average molecular weight is 467 g/mol. The second-order valence-electron chi connectivity index (χ2n) is 8.76. The smallest absolute Gasteiger partial charge is 0.407 e. The summed E-state index contributed by atoms with van der Waals surface area (Å²) in [5.74, 6) is -1.48. The molecule has 0 saturated carbocycles. The highest BCUT2D eigenvalue weighted by Crippen LogP contribution is 2.44. The molecule has 0 radical (unpaired) electrons. The third kappa shape index (κ3) is 6.37. The fourth-order valence-corrected chi connectivity index (χ4v) is 4.51. The fourth-order valence-electron chi connectivity index (χ4n) is 4.51. The number of aliphatic carboxylic acids is 1. The molecule has 0 aromatic heterocycles. The minimum atomic E-state index is -1.05. The maximum atomic E-state index is 12.7. The zero-order chi connectivity index (χ0) is 24.5. The molecular formula is C27H34N2O5. The van der Waals surface area contributed by atoms with E-state index in [1.165, 1.54) is 0 Å². The van der Waals surface area contributed by atoms with E-state index in [0.717, 1.165) is 35.1 Å². The first-order valence-corrected chi connectivity index (χ1v) is 12.1. The summed E-state index contributed by atoms with van der Waals surface area (Å²) in [4.78, 5) is 36.5. The van der Waals surface area contributed by atoms with Crippen LogP contribution in [0.4, 0.5) is 4.79 Å². The van der Waals surface area contributed by atoms with Gasteiger partial charge < -0.3 is 20.5 Å². The van der Waals surface area contributed by atoms with E-state index in [1.54, 1.807) is 0 Å². The summed E-state index contributed by atoms with van der Waals surface area (Å²) in [7, 11) is 0. The Labute approximate surface area is 200 Å². The number of benzene rings is 2. The summed E-state index contributed by atoms with van der Waals surface area (Å²) in [5.41, 5.74) is 4.58. The molecular weight excluding hydrogens is 432 g/mol. The highest BCUT2D eigenvalue weighted by molar-refractivity contribution is 5.84. The minimum Gasteiger partial charge on any atom is -0.480 e. The van der Waals surface area contributed by atoms with Crippen molar-refractivity contribution in [2.45, 2.75) is 70.4 Å². The van der Waals surface area contributed by atoms with Gasteiger partial charge in [-0.05, 0) is 35.1 Å². The Bertz CT molecular complexity index is 961. The van der Waals surface area contributed by atoms with E-state index in [4.69, 9.17) is 4.74 Å². The number of rotatable bonds is 12. The Balaban J connectivity index is 1.60. The zero-order valence-corrected chi connectivity index (χ0v) is 19.9. The predicted octanol–water partition coefficient (Wildman–Crippen LogP) is 4.84. The Morgan fingerprint density at radius 2 is 1.53 bits per heavy atom. The van der Waals surface area contributed by atoms with Crippen LogP contribution in [0.5, 0.6) is 0 Å².